The topological polar surface area (TPSA) is 47.5 Å². The summed E-state index contributed by atoms with van der Waals surface area (Å²) in [6.07, 6.45) is 3.57. The molecule has 0 aliphatic carbocycles. The summed E-state index contributed by atoms with van der Waals surface area (Å²) < 4.78 is 7.14. The maximum atomic E-state index is 11.0. The Morgan fingerprint density at radius 2 is 2.28 bits per heavy atom. The molecule has 0 radical (unpaired) electrons. The molecule has 3 aromatic heterocycles. The van der Waals surface area contributed by atoms with Gasteiger partial charge in [0.15, 0.2) is 12.0 Å². The highest BCUT2D eigenvalue weighted by molar-refractivity contribution is 5.77. The molecular formula is C14H12N2O2. The average molecular weight is 240 g/mol. The van der Waals surface area contributed by atoms with Crippen molar-refractivity contribution in [2.24, 2.45) is 0 Å². The maximum Gasteiger partial charge on any atom is 0.168 e. The number of aromatic nitrogens is 2. The number of nitrogens with zero attached hydrogens (tertiary/aromatic N) is 2. The van der Waals surface area contributed by atoms with Crippen molar-refractivity contribution >= 4 is 11.8 Å². The Morgan fingerprint density at radius 3 is 3.00 bits per heavy atom. The lowest BCUT2D eigenvalue weighted by Gasteiger charge is -1.96. The first-order valence-corrected chi connectivity index (χ1v) is 5.84. The molecule has 3 aromatic rings. The van der Waals surface area contributed by atoms with E-state index in [0.29, 0.717) is 5.69 Å². The second-order valence-electron chi connectivity index (χ2n) is 4.13. The van der Waals surface area contributed by atoms with E-state index in [2.05, 4.69) is 5.16 Å². The second kappa shape index (κ2) is 4.14. The van der Waals surface area contributed by atoms with Gasteiger partial charge in [-0.1, -0.05) is 18.1 Å². The summed E-state index contributed by atoms with van der Waals surface area (Å²) in [5.74, 6) is 0.729. The molecule has 0 spiro atoms. The number of aldehydes is 1. The van der Waals surface area contributed by atoms with E-state index in [9.17, 15) is 4.79 Å². The van der Waals surface area contributed by atoms with Gasteiger partial charge in [0.05, 0.1) is 11.4 Å². The number of hydrogen-bond donors (Lipinski definition) is 0. The van der Waals surface area contributed by atoms with Crippen LogP contribution < -0.4 is 0 Å². The molecule has 3 rings (SSSR count). The first-order chi connectivity index (χ1) is 8.81. The quantitative estimate of drug-likeness (QED) is 0.661. The van der Waals surface area contributed by atoms with E-state index in [0.717, 1.165) is 35.2 Å². The Bertz CT molecular complexity index is 709. The van der Waals surface area contributed by atoms with Crippen molar-refractivity contribution in [1.29, 1.82) is 0 Å². The van der Waals surface area contributed by atoms with Crippen LogP contribution in [0.3, 0.4) is 0 Å². The van der Waals surface area contributed by atoms with Crippen LogP contribution in [0.5, 0.6) is 0 Å². The van der Waals surface area contributed by atoms with Crippen LogP contribution in [0.1, 0.15) is 23.1 Å². The Morgan fingerprint density at radius 1 is 1.39 bits per heavy atom. The Labute approximate surface area is 104 Å². The van der Waals surface area contributed by atoms with Gasteiger partial charge in [-0.25, -0.2) is 0 Å². The van der Waals surface area contributed by atoms with Gasteiger partial charge in [0.1, 0.15) is 0 Å². The first-order valence-electron chi connectivity index (χ1n) is 5.84. The minimum atomic E-state index is 0.619. The van der Waals surface area contributed by atoms with E-state index in [1.54, 1.807) is 6.07 Å². The molecular weight excluding hydrogens is 228 g/mol. The van der Waals surface area contributed by atoms with Gasteiger partial charge < -0.3 is 8.92 Å². The largest absolute Gasteiger partial charge is 0.356 e. The normalized spacial score (nSPS) is 10.9. The van der Waals surface area contributed by atoms with Crippen molar-refractivity contribution in [1.82, 2.24) is 9.56 Å². The number of fused-ring (bicyclic) bond motifs is 1. The second-order valence-corrected chi connectivity index (χ2v) is 4.13. The molecule has 0 aliphatic heterocycles. The zero-order valence-corrected chi connectivity index (χ0v) is 9.96. The predicted octanol–water partition coefficient (Wildman–Crippen LogP) is 2.97. The number of aryl methyl sites for hydroxylation is 1. The lowest BCUT2D eigenvalue weighted by Crippen LogP contribution is -1.91. The van der Waals surface area contributed by atoms with E-state index in [4.69, 9.17) is 4.52 Å². The van der Waals surface area contributed by atoms with Crippen LogP contribution in [0.25, 0.3) is 16.8 Å². The van der Waals surface area contributed by atoms with Crippen molar-refractivity contribution in [3.63, 3.8) is 0 Å². The van der Waals surface area contributed by atoms with E-state index in [-0.39, 0.29) is 0 Å². The Hall–Kier alpha value is -2.36. The van der Waals surface area contributed by atoms with Gasteiger partial charge in [-0.2, -0.15) is 0 Å². The summed E-state index contributed by atoms with van der Waals surface area (Å²) in [5, 5.41) is 3.97. The van der Waals surface area contributed by atoms with Crippen LogP contribution in [0.4, 0.5) is 0 Å². The molecule has 0 atom stereocenters. The number of hydrogen-bond acceptors (Lipinski definition) is 3. The van der Waals surface area contributed by atoms with Crippen LogP contribution in [0.2, 0.25) is 0 Å². The molecule has 0 fully saturated rings. The molecule has 0 aliphatic rings. The molecule has 3 heterocycles. The molecule has 0 bridgehead atoms. The van der Waals surface area contributed by atoms with Crippen LogP contribution in [-0.2, 0) is 6.42 Å². The van der Waals surface area contributed by atoms with Crippen LogP contribution in [0, 0.1) is 0 Å². The fourth-order valence-corrected chi connectivity index (χ4v) is 2.00. The lowest BCUT2D eigenvalue weighted by atomic mass is 10.2. The van der Waals surface area contributed by atoms with Crippen molar-refractivity contribution in [2.45, 2.75) is 13.3 Å². The van der Waals surface area contributed by atoms with Gasteiger partial charge >= 0.3 is 0 Å². The molecule has 4 nitrogen and oxygen atoms in total. The summed E-state index contributed by atoms with van der Waals surface area (Å²) in [6.45, 7) is 2.03. The van der Waals surface area contributed by atoms with Crippen molar-refractivity contribution in [2.75, 3.05) is 0 Å². The SMILES string of the molecule is CCc1cc(-c2cc3cccc(C=O)n3c2)on1. The van der Waals surface area contributed by atoms with E-state index in [1.165, 1.54) is 0 Å². The monoisotopic (exact) mass is 240 g/mol. The average Bonchev–Trinajstić information content (AvgIpc) is 3.03. The highest BCUT2D eigenvalue weighted by Gasteiger charge is 2.09. The van der Waals surface area contributed by atoms with Gasteiger partial charge in [0.2, 0.25) is 0 Å². The molecule has 0 N–H and O–H groups in total. The van der Waals surface area contributed by atoms with Crippen LogP contribution in [0.15, 0.2) is 41.1 Å². The van der Waals surface area contributed by atoms with Crippen LogP contribution in [-0.4, -0.2) is 15.8 Å². The number of rotatable bonds is 3. The predicted molar refractivity (Wildman–Crippen MR) is 67.7 cm³/mol. The zero-order chi connectivity index (χ0) is 12.5. The molecule has 0 saturated carbocycles. The van der Waals surface area contributed by atoms with Gasteiger partial charge in [0, 0.05) is 23.3 Å². The van der Waals surface area contributed by atoms with Gasteiger partial charge in [-0.05, 0) is 24.6 Å². The summed E-state index contributed by atoms with van der Waals surface area (Å²) in [7, 11) is 0. The number of carbonyl (C=O) groups is 1. The standard InChI is InChI=1S/C14H12N2O2/c1-2-11-7-14(18-15-11)10-6-12-4-3-5-13(9-17)16(12)8-10/h3-9H,2H2,1H3. The molecule has 0 saturated heterocycles. The smallest absolute Gasteiger partial charge is 0.168 e. The third-order valence-corrected chi connectivity index (χ3v) is 2.99. The molecule has 18 heavy (non-hydrogen) atoms. The zero-order valence-electron chi connectivity index (χ0n) is 9.96. The van der Waals surface area contributed by atoms with Crippen molar-refractivity contribution < 1.29 is 9.32 Å². The molecule has 0 amide bonds. The van der Waals surface area contributed by atoms with Crippen LogP contribution >= 0.6 is 0 Å². The third kappa shape index (κ3) is 1.62. The van der Waals surface area contributed by atoms with Crippen molar-refractivity contribution in [3.05, 3.63) is 47.9 Å². The molecule has 0 unspecified atom stereocenters. The summed E-state index contributed by atoms with van der Waals surface area (Å²) >= 11 is 0. The number of carbonyl (C=O) groups excluding carboxylic acids is 1. The minimum Gasteiger partial charge on any atom is -0.356 e. The van der Waals surface area contributed by atoms with E-state index in [1.807, 2.05) is 41.8 Å². The number of pyridine rings is 1. The Balaban J connectivity index is 2.15. The third-order valence-electron chi connectivity index (χ3n) is 2.99. The molecule has 4 heteroatoms. The Kier molecular flexibility index (Phi) is 2.48. The highest BCUT2D eigenvalue weighted by Crippen LogP contribution is 2.24. The van der Waals surface area contributed by atoms with E-state index < -0.39 is 0 Å². The van der Waals surface area contributed by atoms with Gasteiger partial charge in [-0.15, -0.1) is 0 Å². The maximum absolute atomic E-state index is 11.0. The molecule has 90 valence electrons. The fourth-order valence-electron chi connectivity index (χ4n) is 2.00. The minimum absolute atomic E-state index is 0.619. The van der Waals surface area contributed by atoms with Crippen molar-refractivity contribution in [3.8, 4) is 11.3 Å². The summed E-state index contributed by atoms with van der Waals surface area (Å²) in [5.41, 5.74) is 3.44. The van der Waals surface area contributed by atoms with Gasteiger partial charge in [0.25, 0.3) is 0 Å². The first kappa shape index (κ1) is 10.8. The lowest BCUT2D eigenvalue weighted by molar-refractivity contribution is 0.111. The summed E-state index contributed by atoms with van der Waals surface area (Å²) in [4.78, 5) is 11.0. The fraction of sp³-hybridized carbons (Fsp3) is 0.143. The highest BCUT2D eigenvalue weighted by atomic mass is 16.5. The van der Waals surface area contributed by atoms with Gasteiger partial charge in [-0.3, -0.25) is 4.79 Å². The summed E-state index contributed by atoms with van der Waals surface area (Å²) in [6, 6.07) is 9.50. The molecule has 0 aromatic carbocycles. The van der Waals surface area contributed by atoms with E-state index >= 15 is 0 Å².